The standard InChI is InChI=1S/C22H43N3O10/c1-11-16(24-12(2)28)18(30)21(15(10-27)33-11)35-22-17(23-7-13(29)8-25(3,4)5)19(31)20(32-6)14(9-26)34-22/h11,13-23,26-27,29-31H,7-10H2,1-6H3/p+1/t11-,13?,14?,15-,16?,17?,18?,19+,20+,21+,22-/m0/s1. The molecular formula is C22H44N3O10+. The first kappa shape index (κ1) is 30.3. The smallest absolute Gasteiger partial charge is 0.217 e. The molecular weight excluding hydrogens is 466 g/mol. The maximum absolute atomic E-state index is 11.6. The highest BCUT2D eigenvalue weighted by Gasteiger charge is 2.51. The lowest BCUT2D eigenvalue weighted by Gasteiger charge is -2.48. The number of rotatable bonds is 11. The molecule has 2 aliphatic heterocycles. The molecule has 0 aromatic carbocycles. The van der Waals surface area contributed by atoms with Gasteiger partial charge in [0.05, 0.1) is 52.5 Å². The summed E-state index contributed by atoms with van der Waals surface area (Å²) in [5.41, 5.74) is 0. The highest BCUT2D eigenvalue weighted by molar-refractivity contribution is 5.73. The van der Waals surface area contributed by atoms with Gasteiger partial charge in [-0.1, -0.05) is 0 Å². The molecule has 35 heavy (non-hydrogen) atoms. The summed E-state index contributed by atoms with van der Waals surface area (Å²) in [6, 6.07) is -1.73. The molecule has 13 nitrogen and oxygen atoms in total. The molecule has 2 saturated heterocycles. The number of likely N-dealkylation sites (N-methyl/N-ethyl adjacent to an activating group) is 1. The van der Waals surface area contributed by atoms with E-state index in [1.54, 1.807) is 6.92 Å². The minimum atomic E-state index is -1.27. The molecule has 206 valence electrons. The molecule has 0 saturated carbocycles. The van der Waals surface area contributed by atoms with Crippen molar-refractivity contribution < 1.29 is 53.8 Å². The van der Waals surface area contributed by atoms with Gasteiger partial charge in [-0.25, -0.2) is 0 Å². The Morgan fingerprint density at radius 1 is 1.03 bits per heavy atom. The Morgan fingerprint density at radius 3 is 2.11 bits per heavy atom. The normalized spacial score (nSPS) is 39.3. The predicted octanol–water partition coefficient (Wildman–Crippen LogP) is -3.86. The van der Waals surface area contributed by atoms with Gasteiger partial charge < -0.3 is 59.6 Å². The van der Waals surface area contributed by atoms with Crippen LogP contribution in [0.15, 0.2) is 0 Å². The molecule has 0 radical (unpaired) electrons. The van der Waals surface area contributed by atoms with Crippen LogP contribution in [0.2, 0.25) is 0 Å². The van der Waals surface area contributed by atoms with Crippen molar-refractivity contribution in [3.05, 3.63) is 0 Å². The molecule has 1 amide bonds. The van der Waals surface area contributed by atoms with E-state index < -0.39 is 80.4 Å². The lowest BCUT2D eigenvalue weighted by molar-refractivity contribution is -0.873. The van der Waals surface area contributed by atoms with Crippen molar-refractivity contribution in [3.63, 3.8) is 0 Å². The van der Waals surface area contributed by atoms with Crippen LogP contribution in [0.5, 0.6) is 0 Å². The summed E-state index contributed by atoms with van der Waals surface area (Å²) in [4.78, 5) is 11.6. The van der Waals surface area contributed by atoms with E-state index in [-0.39, 0.29) is 12.5 Å². The molecule has 11 atom stereocenters. The number of carbonyl (C=O) groups excluding carboxylic acids is 1. The summed E-state index contributed by atoms with van der Waals surface area (Å²) in [6.07, 6.45) is -8.94. The Morgan fingerprint density at radius 2 is 1.60 bits per heavy atom. The van der Waals surface area contributed by atoms with Crippen LogP contribution < -0.4 is 10.6 Å². The average molecular weight is 511 g/mol. The van der Waals surface area contributed by atoms with Crippen LogP contribution in [0.4, 0.5) is 0 Å². The van der Waals surface area contributed by atoms with E-state index in [9.17, 15) is 30.3 Å². The van der Waals surface area contributed by atoms with Crippen molar-refractivity contribution in [1.29, 1.82) is 0 Å². The van der Waals surface area contributed by atoms with Crippen molar-refractivity contribution >= 4 is 5.91 Å². The quantitative estimate of drug-likeness (QED) is 0.135. The Bertz CT molecular complexity index is 666. The first-order valence-electron chi connectivity index (χ1n) is 11.9. The number of aliphatic hydroxyl groups is 5. The number of nitrogens with zero attached hydrogens (tertiary/aromatic N) is 1. The molecule has 7 N–H and O–H groups in total. The number of hydrogen-bond acceptors (Lipinski definition) is 11. The minimum absolute atomic E-state index is 0.0966. The Kier molecular flexibility index (Phi) is 11.2. The minimum Gasteiger partial charge on any atom is -0.394 e. The number of methoxy groups -OCH3 is 1. The summed E-state index contributed by atoms with van der Waals surface area (Å²) in [5.74, 6) is -0.371. The highest BCUT2D eigenvalue weighted by atomic mass is 16.7. The molecule has 2 heterocycles. The fraction of sp³-hybridized carbons (Fsp3) is 0.955. The number of nitrogens with one attached hydrogen (secondary N) is 2. The van der Waals surface area contributed by atoms with Crippen LogP contribution in [-0.4, -0.2) is 158 Å². The molecule has 0 aliphatic carbocycles. The number of amides is 1. The summed E-state index contributed by atoms with van der Waals surface area (Å²) < 4.78 is 23.6. The number of ether oxygens (including phenoxy) is 4. The van der Waals surface area contributed by atoms with Gasteiger partial charge in [0.15, 0.2) is 6.29 Å². The molecule has 2 fully saturated rings. The average Bonchev–Trinajstić information content (AvgIpc) is 2.76. The van der Waals surface area contributed by atoms with Crippen LogP contribution >= 0.6 is 0 Å². The second-order valence-corrected chi connectivity index (χ2v) is 10.4. The third-order valence-electron chi connectivity index (χ3n) is 6.28. The molecule has 0 aromatic heterocycles. The molecule has 2 aliphatic rings. The van der Waals surface area contributed by atoms with Gasteiger partial charge in [-0.3, -0.25) is 4.79 Å². The van der Waals surface area contributed by atoms with Crippen molar-refractivity contribution in [2.24, 2.45) is 0 Å². The van der Waals surface area contributed by atoms with E-state index in [0.29, 0.717) is 11.0 Å². The van der Waals surface area contributed by atoms with Crippen molar-refractivity contribution in [2.75, 3.05) is 54.6 Å². The van der Waals surface area contributed by atoms with Crippen molar-refractivity contribution in [3.8, 4) is 0 Å². The Balaban J connectivity index is 2.26. The van der Waals surface area contributed by atoms with Gasteiger partial charge in [-0.05, 0) is 6.92 Å². The van der Waals surface area contributed by atoms with E-state index in [1.807, 2.05) is 21.1 Å². The molecule has 0 bridgehead atoms. The van der Waals surface area contributed by atoms with Gasteiger partial charge in [0.1, 0.15) is 49.3 Å². The van der Waals surface area contributed by atoms with Crippen LogP contribution in [0.25, 0.3) is 0 Å². The van der Waals surface area contributed by atoms with E-state index in [4.69, 9.17) is 18.9 Å². The third kappa shape index (κ3) is 8.01. The van der Waals surface area contributed by atoms with Crippen molar-refractivity contribution in [2.45, 2.75) is 81.1 Å². The van der Waals surface area contributed by atoms with Gasteiger partial charge in [-0.2, -0.15) is 0 Å². The predicted molar refractivity (Wildman–Crippen MR) is 123 cm³/mol. The van der Waals surface area contributed by atoms with E-state index in [2.05, 4.69) is 10.6 Å². The van der Waals surface area contributed by atoms with Gasteiger partial charge >= 0.3 is 0 Å². The molecule has 13 heteroatoms. The number of quaternary nitrogens is 1. The topological polar surface area (TPSA) is 179 Å². The third-order valence-corrected chi connectivity index (χ3v) is 6.28. The van der Waals surface area contributed by atoms with Gasteiger partial charge in [0.25, 0.3) is 0 Å². The van der Waals surface area contributed by atoms with Crippen LogP contribution in [0.1, 0.15) is 13.8 Å². The summed E-state index contributed by atoms with van der Waals surface area (Å²) >= 11 is 0. The van der Waals surface area contributed by atoms with E-state index in [0.717, 1.165) is 0 Å². The van der Waals surface area contributed by atoms with Crippen LogP contribution in [0.3, 0.4) is 0 Å². The molecule has 0 aromatic rings. The zero-order valence-electron chi connectivity index (χ0n) is 21.4. The second-order valence-electron chi connectivity index (χ2n) is 10.4. The lowest BCUT2D eigenvalue weighted by atomic mass is 9.92. The second kappa shape index (κ2) is 13.0. The zero-order chi connectivity index (χ0) is 26.5. The largest absolute Gasteiger partial charge is 0.394 e. The van der Waals surface area contributed by atoms with E-state index >= 15 is 0 Å². The Hall–Kier alpha value is -0.970. The van der Waals surface area contributed by atoms with E-state index in [1.165, 1.54) is 14.0 Å². The van der Waals surface area contributed by atoms with Crippen molar-refractivity contribution in [1.82, 2.24) is 10.6 Å². The maximum Gasteiger partial charge on any atom is 0.217 e. The van der Waals surface area contributed by atoms with Gasteiger partial charge in [0.2, 0.25) is 5.91 Å². The Labute approximate surface area is 206 Å². The molecule has 5 unspecified atom stereocenters. The fourth-order valence-electron chi connectivity index (χ4n) is 4.71. The number of carbonyl (C=O) groups is 1. The first-order valence-corrected chi connectivity index (χ1v) is 11.9. The number of hydrogen-bond donors (Lipinski definition) is 7. The summed E-state index contributed by atoms with van der Waals surface area (Å²) in [7, 11) is 7.19. The van der Waals surface area contributed by atoms with Crippen LogP contribution in [0, 0.1) is 0 Å². The maximum atomic E-state index is 11.6. The fourth-order valence-corrected chi connectivity index (χ4v) is 4.71. The summed E-state index contributed by atoms with van der Waals surface area (Å²) in [5, 5.41) is 57.9. The monoisotopic (exact) mass is 510 g/mol. The summed E-state index contributed by atoms with van der Waals surface area (Å²) in [6.45, 7) is 2.57. The SMILES string of the molecule is CO[C@@H]1C(CO)O[C@@H](O[C@H]2C(O)C(NC(C)=O)[C@H](C)O[C@H]2CO)C(NCC(O)C[N+](C)(C)C)[C@H]1O. The van der Waals surface area contributed by atoms with Gasteiger partial charge in [-0.15, -0.1) is 0 Å². The zero-order valence-corrected chi connectivity index (χ0v) is 21.4. The number of aliphatic hydroxyl groups excluding tert-OH is 5. The first-order chi connectivity index (χ1) is 16.3. The van der Waals surface area contributed by atoms with Crippen LogP contribution in [-0.2, 0) is 23.7 Å². The van der Waals surface area contributed by atoms with Gasteiger partial charge in [0, 0.05) is 20.6 Å². The lowest BCUT2D eigenvalue weighted by Crippen LogP contribution is -2.69. The molecule has 2 rings (SSSR count). The molecule has 0 spiro atoms. The highest BCUT2D eigenvalue weighted by Crippen LogP contribution is 2.30.